The number of benzene rings is 1. The van der Waals surface area contributed by atoms with Crippen molar-refractivity contribution < 1.29 is 19.5 Å². The molecule has 22 heavy (non-hydrogen) atoms. The second kappa shape index (κ2) is 5.47. The number of rotatable bonds is 5. The number of nitrogens with zero attached hydrogens (tertiary/aromatic N) is 1. The van der Waals surface area contributed by atoms with E-state index in [0.717, 1.165) is 0 Å². The number of nitrogens with two attached hydrogens (primary N) is 1. The third kappa shape index (κ3) is 2.39. The number of carbonyl (C=O) groups excluding carboxylic acids is 2. The summed E-state index contributed by atoms with van der Waals surface area (Å²) in [5.41, 5.74) is 5.11. The van der Waals surface area contributed by atoms with Gasteiger partial charge in [0, 0.05) is 5.56 Å². The van der Waals surface area contributed by atoms with Crippen LogP contribution in [0.5, 0.6) is 0 Å². The highest BCUT2D eigenvalue weighted by Gasteiger charge is 2.51. The minimum Gasteiger partial charge on any atom is -0.480 e. The van der Waals surface area contributed by atoms with Gasteiger partial charge in [-0.05, 0) is 12.0 Å². The van der Waals surface area contributed by atoms with E-state index in [9.17, 15) is 14.4 Å². The third-order valence-corrected chi connectivity index (χ3v) is 3.69. The van der Waals surface area contributed by atoms with Crippen LogP contribution in [-0.2, 0) is 15.1 Å². The smallest absolute Gasteiger partial charge is 0.325 e. The van der Waals surface area contributed by atoms with Gasteiger partial charge in [-0.3, -0.25) is 19.9 Å². The lowest BCUT2D eigenvalue weighted by Crippen LogP contribution is -2.43. The lowest BCUT2D eigenvalue weighted by molar-refractivity contribution is -0.143. The van der Waals surface area contributed by atoms with Gasteiger partial charge in [-0.15, -0.1) is 0 Å². The highest BCUT2D eigenvalue weighted by atomic mass is 16.4. The van der Waals surface area contributed by atoms with Crippen molar-refractivity contribution in [1.82, 2.24) is 10.2 Å². The fraction of sp³-hybridized carbons (Fsp3) is 0.286. The summed E-state index contributed by atoms with van der Waals surface area (Å²) in [6, 6.07) is 5.62. The van der Waals surface area contributed by atoms with Crippen molar-refractivity contribution in [3.8, 4) is 0 Å². The molecule has 3 amide bonds. The predicted molar refractivity (Wildman–Crippen MR) is 77.3 cm³/mol. The van der Waals surface area contributed by atoms with Crippen LogP contribution >= 0.6 is 0 Å². The van der Waals surface area contributed by atoms with Crippen LogP contribution in [0.4, 0.5) is 4.79 Å². The Morgan fingerprint density at radius 3 is 2.41 bits per heavy atom. The van der Waals surface area contributed by atoms with Gasteiger partial charge in [-0.2, -0.15) is 0 Å². The number of nitrogens with one attached hydrogen (secondary N) is 2. The number of amidine groups is 1. The zero-order valence-corrected chi connectivity index (χ0v) is 11.9. The lowest BCUT2D eigenvalue weighted by Gasteiger charge is -2.25. The molecule has 8 heteroatoms. The van der Waals surface area contributed by atoms with E-state index in [4.69, 9.17) is 16.2 Å². The molecule has 2 rings (SSSR count). The Morgan fingerprint density at radius 2 is 1.95 bits per heavy atom. The standard InChI is InChI=1S/C14H16N4O4/c1-2-14(9-5-3-8(4-6-9)11(15)16)12(21)18(7-10(19)20)13(22)17-14/h3-6H,2,7H2,1H3,(H3,15,16)(H,17,22)(H,19,20). The lowest BCUT2D eigenvalue weighted by atomic mass is 9.86. The Balaban J connectivity index is 2.41. The molecule has 0 aliphatic carbocycles. The van der Waals surface area contributed by atoms with Crippen LogP contribution in [0.15, 0.2) is 24.3 Å². The van der Waals surface area contributed by atoms with Crippen molar-refractivity contribution >= 4 is 23.7 Å². The second-order valence-corrected chi connectivity index (χ2v) is 4.97. The first-order chi connectivity index (χ1) is 10.3. The molecule has 0 aromatic heterocycles. The summed E-state index contributed by atoms with van der Waals surface area (Å²) < 4.78 is 0. The SMILES string of the molecule is CCC1(c2ccc(C(=N)N)cc2)NC(=O)N(CC(=O)O)C1=O. The molecule has 1 aliphatic rings. The number of hydrogen-bond acceptors (Lipinski definition) is 4. The summed E-state index contributed by atoms with van der Waals surface area (Å²) >= 11 is 0. The quantitative estimate of drug-likeness (QED) is 0.350. The first-order valence-electron chi connectivity index (χ1n) is 6.62. The normalized spacial score (nSPS) is 20.9. The number of amides is 3. The number of aliphatic carboxylic acids is 1. The molecule has 1 fully saturated rings. The highest BCUT2D eigenvalue weighted by molar-refractivity contribution is 6.09. The molecular weight excluding hydrogens is 288 g/mol. The van der Waals surface area contributed by atoms with Gasteiger partial charge >= 0.3 is 12.0 Å². The van der Waals surface area contributed by atoms with Crippen molar-refractivity contribution in [2.24, 2.45) is 5.73 Å². The molecule has 0 bridgehead atoms. The van der Waals surface area contributed by atoms with E-state index in [-0.39, 0.29) is 12.3 Å². The van der Waals surface area contributed by atoms with Crippen LogP contribution in [0, 0.1) is 5.41 Å². The van der Waals surface area contributed by atoms with Gasteiger partial charge in [0.2, 0.25) is 0 Å². The molecule has 1 heterocycles. The zero-order valence-electron chi connectivity index (χ0n) is 11.9. The van der Waals surface area contributed by atoms with Crippen molar-refractivity contribution in [1.29, 1.82) is 5.41 Å². The predicted octanol–water partition coefficient (Wildman–Crippen LogP) is 0.212. The molecular formula is C14H16N4O4. The number of hydrogen-bond donors (Lipinski definition) is 4. The summed E-state index contributed by atoms with van der Waals surface area (Å²) in [5.74, 6) is -1.97. The first-order valence-corrected chi connectivity index (χ1v) is 6.62. The molecule has 1 aromatic carbocycles. The van der Waals surface area contributed by atoms with Crippen molar-refractivity contribution in [2.75, 3.05) is 6.54 Å². The molecule has 1 atom stereocenters. The molecule has 1 saturated heterocycles. The molecule has 8 nitrogen and oxygen atoms in total. The van der Waals surface area contributed by atoms with E-state index in [1.807, 2.05) is 0 Å². The molecule has 1 aliphatic heterocycles. The van der Waals surface area contributed by atoms with Gasteiger partial charge in [0.15, 0.2) is 0 Å². The molecule has 1 unspecified atom stereocenters. The van der Waals surface area contributed by atoms with Crippen molar-refractivity contribution in [3.05, 3.63) is 35.4 Å². The summed E-state index contributed by atoms with van der Waals surface area (Å²) in [6.07, 6.45) is 0.271. The van der Waals surface area contributed by atoms with Crippen LogP contribution in [0.1, 0.15) is 24.5 Å². The molecule has 0 radical (unpaired) electrons. The van der Waals surface area contributed by atoms with Crippen LogP contribution in [-0.4, -0.2) is 40.3 Å². The van der Waals surface area contributed by atoms with E-state index >= 15 is 0 Å². The largest absolute Gasteiger partial charge is 0.480 e. The van der Waals surface area contributed by atoms with Crippen LogP contribution < -0.4 is 11.1 Å². The average Bonchev–Trinajstić information content (AvgIpc) is 2.72. The number of urea groups is 1. The topological polar surface area (TPSA) is 137 Å². The minimum atomic E-state index is -1.29. The maximum Gasteiger partial charge on any atom is 0.325 e. The molecule has 5 N–H and O–H groups in total. The van der Waals surface area contributed by atoms with Gasteiger partial charge < -0.3 is 16.2 Å². The van der Waals surface area contributed by atoms with E-state index in [1.54, 1.807) is 31.2 Å². The number of imide groups is 1. The van der Waals surface area contributed by atoms with Gasteiger partial charge in [-0.1, -0.05) is 31.2 Å². The van der Waals surface area contributed by atoms with E-state index in [2.05, 4.69) is 5.32 Å². The first kappa shape index (κ1) is 15.5. The maximum atomic E-state index is 12.5. The summed E-state index contributed by atoms with van der Waals surface area (Å²) in [5, 5.41) is 18.7. The maximum absolute atomic E-state index is 12.5. The van der Waals surface area contributed by atoms with Gasteiger partial charge in [0.1, 0.15) is 17.9 Å². The van der Waals surface area contributed by atoms with E-state index < -0.39 is 30.0 Å². The molecule has 116 valence electrons. The van der Waals surface area contributed by atoms with Crippen LogP contribution in [0.2, 0.25) is 0 Å². The minimum absolute atomic E-state index is 0.105. The number of nitrogen functional groups attached to an aromatic ring is 1. The Hall–Kier alpha value is -2.90. The Bertz CT molecular complexity index is 655. The third-order valence-electron chi connectivity index (χ3n) is 3.69. The average molecular weight is 304 g/mol. The van der Waals surface area contributed by atoms with Gasteiger partial charge in [-0.25, -0.2) is 4.79 Å². The summed E-state index contributed by atoms with van der Waals surface area (Å²) in [7, 11) is 0. The fourth-order valence-corrected chi connectivity index (χ4v) is 2.48. The molecule has 0 saturated carbocycles. The Morgan fingerprint density at radius 1 is 1.36 bits per heavy atom. The molecule has 1 aromatic rings. The Kier molecular flexibility index (Phi) is 3.85. The summed E-state index contributed by atoms with van der Waals surface area (Å²) in [4.78, 5) is 35.9. The Labute approximate surface area is 126 Å². The zero-order chi connectivity index (χ0) is 16.5. The van der Waals surface area contributed by atoms with Crippen molar-refractivity contribution in [3.63, 3.8) is 0 Å². The van der Waals surface area contributed by atoms with E-state index in [1.165, 1.54) is 0 Å². The van der Waals surface area contributed by atoms with Gasteiger partial charge in [0.25, 0.3) is 5.91 Å². The van der Waals surface area contributed by atoms with E-state index in [0.29, 0.717) is 16.0 Å². The number of carboxylic acids is 1. The highest BCUT2D eigenvalue weighted by Crippen LogP contribution is 2.32. The summed E-state index contributed by atoms with van der Waals surface area (Å²) in [6.45, 7) is 1.04. The van der Waals surface area contributed by atoms with Crippen LogP contribution in [0.3, 0.4) is 0 Å². The monoisotopic (exact) mass is 304 g/mol. The fourth-order valence-electron chi connectivity index (χ4n) is 2.48. The van der Waals surface area contributed by atoms with Crippen molar-refractivity contribution in [2.45, 2.75) is 18.9 Å². The van der Waals surface area contributed by atoms with Gasteiger partial charge in [0.05, 0.1) is 0 Å². The number of carbonyl (C=O) groups is 3. The van der Waals surface area contributed by atoms with Crippen LogP contribution in [0.25, 0.3) is 0 Å². The second-order valence-electron chi connectivity index (χ2n) is 4.97. The molecule has 0 spiro atoms. The number of carboxylic acid groups (broad SMARTS) is 1.